The van der Waals surface area contributed by atoms with Gasteiger partial charge < -0.3 is 4.90 Å². The van der Waals surface area contributed by atoms with Crippen LogP contribution in [0.25, 0.3) is 0 Å². The van der Waals surface area contributed by atoms with Gasteiger partial charge in [0.2, 0.25) is 5.91 Å². The van der Waals surface area contributed by atoms with Crippen LogP contribution in [-0.2, 0) is 14.4 Å². The molecule has 0 aromatic heterocycles. The molecule has 2 heterocycles. The van der Waals surface area contributed by atoms with Crippen molar-refractivity contribution in [2.45, 2.75) is 33.6 Å². The van der Waals surface area contributed by atoms with Crippen molar-refractivity contribution in [3.63, 3.8) is 0 Å². The molecule has 0 radical (unpaired) electrons. The number of nitrogens with zero attached hydrogens (tertiary/aromatic N) is 2. The number of carbonyl (C=O) groups excluding carboxylic acids is 3. The van der Waals surface area contributed by atoms with Crippen molar-refractivity contribution >= 4 is 17.7 Å². The fraction of sp³-hybridized carbons (Fsp3) is 0.667. The Labute approximate surface area is 119 Å². The number of rotatable bonds is 3. The number of imide groups is 1. The standard InChI is InChI=1S/C15H22N2O3/c1-15(2,3)11-6-8-16(10-11)12(18)7-9-17-13(19)4-5-14(17)20/h4-5,11H,6-10H2,1-3H3/t11-/m0/s1. The fourth-order valence-electron chi connectivity index (χ4n) is 2.71. The Bertz CT molecular complexity index is 444. The van der Waals surface area contributed by atoms with E-state index < -0.39 is 0 Å². The van der Waals surface area contributed by atoms with Crippen LogP contribution in [0.1, 0.15) is 33.6 Å². The minimum atomic E-state index is -0.322. The van der Waals surface area contributed by atoms with Crippen LogP contribution in [0.15, 0.2) is 12.2 Å². The Kier molecular flexibility index (Phi) is 3.97. The van der Waals surface area contributed by atoms with Gasteiger partial charge in [0.1, 0.15) is 0 Å². The van der Waals surface area contributed by atoms with Crippen molar-refractivity contribution in [2.24, 2.45) is 11.3 Å². The highest BCUT2D eigenvalue weighted by molar-refractivity contribution is 6.13. The number of hydrogen-bond donors (Lipinski definition) is 0. The lowest BCUT2D eigenvalue weighted by Crippen LogP contribution is -2.36. The van der Waals surface area contributed by atoms with Gasteiger partial charge in [-0.1, -0.05) is 20.8 Å². The van der Waals surface area contributed by atoms with E-state index in [2.05, 4.69) is 20.8 Å². The molecule has 1 atom stereocenters. The topological polar surface area (TPSA) is 57.7 Å². The van der Waals surface area contributed by atoms with Gasteiger partial charge in [0.25, 0.3) is 11.8 Å². The first-order valence-corrected chi connectivity index (χ1v) is 7.10. The van der Waals surface area contributed by atoms with Gasteiger partial charge in [0.05, 0.1) is 0 Å². The highest BCUT2D eigenvalue weighted by Gasteiger charge is 2.34. The molecule has 0 aliphatic carbocycles. The van der Waals surface area contributed by atoms with E-state index in [0.29, 0.717) is 5.92 Å². The molecule has 5 heteroatoms. The SMILES string of the molecule is CC(C)(C)[C@H]1CCN(C(=O)CCN2C(=O)C=CC2=O)C1. The minimum absolute atomic E-state index is 0.0317. The van der Waals surface area contributed by atoms with E-state index in [1.807, 2.05) is 4.90 Å². The molecule has 110 valence electrons. The second-order valence-electron chi connectivity index (χ2n) is 6.60. The number of carbonyl (C=O) groups is 3. The molecule has 20 heavy (non-hydrogen) atoms. The Morgan fingerprint density at radius 3 is 2.35 bits per heavy atom. The molecule has 5 nitrogen and oxygen atoms in total. The van der Waals surface area contributed by atoms with Crippen LogP contribution in [-0.4, -0.2) is 47.2 Å². The predicted octanol–water partition coefficient (Wildman–Crippen LogP) is 1.20. The summed E-state index contributed by atoms with van der Waals surface area (Å²) < 4.78 is 0. The van der Waals surface area contributed by atoms with E-state index in [4.69, 9.17) is 0 Å². The van der Waals surface area contributed by atoms with Gasteiger partial charge in [0.15, 0.2) is 0 Å². The van der Waals surface area contributed by atoms with Gasteiger partial charge >= 0.3 is 0 Å². The van der Waals surface area contributed by atoms with E-state index in [1.165, 1.54) is 12.2 Å². The number of likely N-dealkylation sites (tertiary alicyclic amines) is 1. The first-order valence-electron chi connectivity index (χ1n) is 7.10. The van der Waals surface area contributed by atoms with Gasteiger partial charge in [0, 0.05) is 38.2 Å². The Balaban J connectivity index is 1.82. The van der Waals surface area contributed by atoms with Crippen molar-refractivity contribution in [3.05, 3.63) is 12.2 Å². The summed E-state index contributed by atoms with van der Waals surface area (Å²) in [5.41, 5.74) is 0.208. The molecule has 0 saturated carbocycles. The molecular formula is C15H22N2O3. The molecule has 0 aromatic rings. The molecule has 2 aliphatic rings. The largest absolute Gasteiger partial charge is 0.342 e. The second-order valence-corrected chi connectivity index (χ2v) is 6.60. The Morgan fingerprint density at radius 1 is 1.25 bits per heavy atom. The number of hydrogen-bond acceptors (Lipinski definition) is 3. The molecule has 1 fully saturated rings. The normalized spacial score (nSPS) is 23.1. The predicted molar refractivity (Wildman–Crippen MR) is 74.6 cm³/mol. The fourth-order valence-corrected chi connectivity index (χ4v) is 2.71. The summed E-state index contributed by atoms with van der Waals surface area (Å²) in [6, 6.07) is 0. The maximum atomic E-state index is 12.1. The molecule has 0 unspecified atom stereocenters. The monoisotopic (exact) mass is 278 g/mol. The highest BCUT2D eigenvalue weighted by atomic mass is 16.2. The van der Waals surface area contributed by atoms with Crippen molar-refractivity contribution in [1.29, 1.82) is 0 Å². The van der Waals surface area contributed by atoms with Crippen LogP contribution in [0.5, 0.6) is 0 Å². The van der Waals surface area contributed by atoms with Crippen LogP contribution in [0.2, 0.25) is 0 Å². The third kappa shape index (κ3) is 3.08. The summed E-state index contributed by atoms with van der Waals surface area (Å²) in [5.74, 6) is -0.0963. The van der Waals surface area contributed by atoms with Crippen molar-refractivity contribution < 1.29 is 14.4 Å². The zero-order valence-electron chi connectivity index (χ0n) is 12.4. The van der Waals surface area contributed by atoms with Crippen molar-refractivity contribution in [1.82, 2.24) is 9.80 Å². The summed E-state index contributed by atoms with van der Waals surface area (Å²) in [5, 5.41) is 0. The van der Waals surface area contributed by atoms with Crippen molar-refractivity contribution in [2.75, 3.05) is 19.6 Å². The number of amides is 3. The van der Waals surface area contributed by atoms with Gasteiger partial charge in [-0.25, -0.2) is 0 Å². The third-order valence-electron chi connectivity index (χ3n) is 4.22. The molecule has 0 spiro atoms. The van der Waals surface area contributed by atoms with Gasteiger partial charge in [-0.3, -0.25) is 19.3 Å². The van der Waals surface area contributed by atoms with E-state index in [9.17, 15) is 14.4 Å². The summed E-state index contributed by atoms with van der Waals surface area (Å²) in [6.07, 6.45) is 3.74. The lowest BCUT2D eigenvalue weighted by molar-refractivity contribution is -0.138. The molecule has 0 N–H and O–H groups in total. The van der Waals surface area contributed by atoms with Gasteiger partial charge in [-0.2, -0.15) is 0 Å². The molecule has 0 aromatic carbocycles. The van der Waals surface area contributed by atoms with E-state index >= 15 is 0 Å². The average molecular weight is 278 g/mol. The molecule has 3 amide bonds. The zero-order valence-corrected chi connectivity index (χ0v) is 12.4. The van der Waals surface area contributed by atoms with Crippen molar-refractivity contribution in [3.8, 4) is 0 Å². The van der Waals surface area contributed by atoms with E-state index in [1.54, 1.807) is 0 Å². The second kappa shape index (κ2) is 5.38. The highest BCUT2D eigenvalue weighted by Crippen LogP contribution is 2.33. The summed E-state index contributed by atoms with van der Waals surface area (Å²) in [6.45, 7) is 8.32. The van der Waals surface area contributed by atoms with Gasteiger partial charge in [-0.05, 0) is 17.8 Å². The van der Waals surface area contributed by atoms with Crippen LogP contribution in [0, 0.1) is 11.3 Å². The smallest absolute Gasteiger partial charge is 0.253 e. The Hall–Kier alpha value is -1.65. The first kappa shape index (κ1) is 14.8. The molecule has 0 bridgehead atoms. The first-order chi connectivity index (χ1) is 9.29. The molecular weight excluding hydrogens is 256 g/mol. The zero-order chi connectivity index (χ0) is 14.9. The molecule has 2 rings (SSSR count). The molecule has 2 aliphatic heterocycles. The lowest BCUT2D eigenvalue weighted by atomic mass is 9.80. The maximum absolute atomic E-state index is 12.1. The quantitative estimate of drug-likeness (QED) is 0.729. The minimum Gasteiger partial charge on any atom is -0.342 e. The van der Waals surface area contributed by atoms with Crippen LogP contribution in [0.3, 0.4) is 0 Å². The maximum Gasteiger partial charge on any atom is 0.253 e. The van der Waals surface area contributed by atoms with Crippen LogP contribution < -0.4 is 0 Å². The third-order valence-corrected chi connectivity index (χ3v) is 4.22. The van der Waals surface area contributed by atoms with Crippen LogP contribution in [0.4, 0.5) is 0 Å². The average Bonchev–Trinajstić information content (AvgIpc) is 2.95. The molecule has 1 saturated heterocycles. The summed E-state index contributed by atoms with van der Waals surface area (Å²) >= 11 is 0. The lowest BCUT2D eigenvalue weighted by Gasteiger charge is -2.27. The van der Waals surface area contributed by atoms with Gasteiger partial charge in [-0.15, -0.1) is 0 Å². The summed E-state index contributed by atoms with van der Waals surface area (Å²) in [7, 11) is 0. The van der Waals surface area contributed by atoms with E-state index in [0.717, 1.165) is 24.4 Å². The van der Waals surface area contributed by atoms with Crippen LogP contribution >= 0.6 is 0 Å². The van der Waals surface area contributed by atoms with E-state index in [-0.39, 0.29) is 36.1 Å². The Morgan fingerprint density at radius 2 is 1.85 bits per heavy atom. The summed E-state index contributed by atoms with van der Waals surface area (Å²) in [4.78, 5) is 37.9.